The highest BCUT2D eigenvalue weighted by molar-refractivity contribution is 7.89. The van der Waals surface area contributed by atoms with Gasteiger partial charge in [-0.3, -0.25) is 19.1 Å². The summed E-state index contributed by atoms with van der Waals surface area (Å²) in [5, 5.41) is 0. The summed E-state index contributed by atoms with van der Waals surface area (Å²) in [7, 11) is -3.61. The number of unbranched alkanes of at least 4 members (excludes halogenated alkanes) is 1. The number of benzene rings is 1. The van der Waals surface area contributed by atoms with Gasteiger partial charge < -0.3 is 10.6 Å². The summed E-state index contributed by atoms with van der Waals surface area (Å²) in [5.74, 6) is -0.309. The van der Waals surface area contributed by atoms with Gasteiger partial charge in [0.2, 0.25) is 10.0 Å². The quantitative estimate of drug-likeness (QED) is 0.508. The molecule has 1 amide bonds. The maximum Gasteiger partial charge on any atom is 0.330 e. The molecule has 35 heavy (non-hydrogen) atoms. The smallest absolute Gasteiger partial charge is 0.330 e. The van der Waals surface area contributed by atoms with E-state index < -0.39 is 27.2 Å². The number of carbonyl (C=O) groups is 1. The monoisotopic (exact) mass is 505 g/mol. The van der Waals surface area contributed by atoms with Crippen LogP contribution in [0.15, 0.2) is 38.8 Å². The first kappa shape index (κ1) is 26.7. The van der Waals surface area contributed by atoms with Crippen LogP contribution >= 0.6 is 0 Å². The molecule has 0 bridgehead atoms. The molecule has 0 unspecified atom stereocenters. The zero-order valence-electron chi connectivity index (χ0n) is 20.6. The molecule has 2 aromatic rings. The van der Waals surface area contributed by atoms with Gasteiger partial charge in [0.1, 0.15) is 5.82 Å². The third kappa shape index (κ3) is 5.84. The number of amides is 1. The number of nitrogens with zero attached hydrogens (tertiary/aromatic N) is 3. The van der Waals surface area contributed by atoms with E-state index in [0.717, 1.165) is 19.3 Å². The normalized spacial score (nSPS) is 14.5. The molecule has 0 saturated carbocycles. The van der Waals surface area contributed by atoms with E-state index in [1.165, 1.54) is 38.0 Å². The molecule has 1 saturated heterocycles. The number of rotatable bonds is 10. The molecular formula is C24H35N5O5S. The first-order chi connectivity index (χ1) is 16.6. The Morgan fingerprint density at radius 3 is 2.34 bits per heavy atom. The van der Waals surface area contributed by atoms with Gasteiger partial charge in [0.05, 0.1) is 4.90 Å². The van der Waals surface area contributed by atoms with E-state index in [0.29, 0.717) is 32.5 Å². The lowest BCUT2D eigenvalue weighted by Crippen LogP contribution is -2.42. The summed E-state index contributed by atoms with van der Waals surface area (Å²) in [5.41, 5.74) is 5.07. The van der Waals surface area contributed by atoms with Gasteiger partial charge in [-0.2, -0.15) is 4.31 Å². The standard InChI is InChI=1S/C24H35N5O5S/c1-4-5-15-29-21(25)20(22(30)26-24(29)32)28(16-12-17(2)3)23(31)18-8-10-19(11-9-18)35(33,34)27-13-6-7-14-27/h8-11,17H,4-7,12-16,25H2,1-3H3,(H,26,30,32). The number of nitrogen functional groups attached to an aromatic ring is 1. The van der Waals surface area contributed by atoms with Gasteiger partial charge in [0.15, 0.2) is 5.69 Å². The number of nitrogens with two attached hydrogens (primary N) is 1. The van der Waals surface area contributed by atoms with Crippen LogP contribution in [0.5, 0.6) is 0 Å². The number of carbonyl (C=O) groups excluding carboxylic acids is 1. The molecular weight excluding hydrogens is 470 g/mol. The van der Waals surface area contributed by atoms with Gasteiger partial charge in [-0.25, -0.2) is 13.2 Å². The Morgan fingerprint density at radius 2 is 1.77 bits per heavy atom. The van der Waals surface area contributed by atoms with Gasteiger partial charge in [-0.1, -0.05) is 27.2 Å². The Bertz CT molecular complexity index is 1260. The second-order valence-electron chi connectivity index (χ2n) is 9.27. The lowest BCUT2D eigenvalue weighted by molar-refractivity contribution is 0.0985. The number of hydrogen-bond acceptors (Lipinski definition) is 6. The van der Waals surface area contributed by atoms with Crippen molar-refractivity contribution in [3.63, 3.8) is 0 Å². The third-order valence-electron chi connectivity index (χ3n) is 6.20. The lowest BCUT2D eigenvalue weighted by Gasteiger charge is -2.25. The Hall–Kier alpha value is -2.92. The van der Waals surface area contributed by atoms with Crippen LogP contribution in [0.25, 0.3) is 0 Å². The molecule has 1 fully saturated rings. The Kier molecular flexibility index (Phi) is 8.55. The molecule has 10 nitrogen and oxygen atoms in total. The number of sulfonamides is 1. The van der Waals surface area contributed by atoms with Crippen LogP contribution in [-0.4, -0.2) is 47.8 Å². The van der Waals surface area contributed by atoms with Crippen LogP contribution in [0.2, 0.25) is 0 Å². The van der Waals surface area contributed by atoms with Crippen molar-refractivity contribution in [2.24, 2.45) is 5.92 Å². The van der Waals surface area contributed by atoms with Crippen LogP contribution in [0, 0.1) is 5.92 Å². The summed E-state index contributed by atoms with van der Waals surface area (Å²) in [6, 6.07) is 5.73. The maximum absolute atomic E-state index is 13.6. The molecule has 0 spiro atoms. The number of aromatic amines is 1. The highest BCUT2D eigenvalue weighted by Crippen LogP contribution is 2.24. The zero-order valence-corrected chi connectivity index (χ0v) is 21.4. The maximum atomic E-state index is 13.6. The van der Waals surface area contributed by atoms with E-state index in [-0.39, 0.29) is 34.4 Å². The number of anilines is 2. The average molecular weight is 506 g/mol. The summed E-state index contributed by atoms with van der Waals surface area (Å²) in [6.45, 7) is 7.47. The van der Waals surface area contributed by atoms with E-state index in [9.17, 15) is 22.8 Å². The Labute approximate surface area is 205 Å². The molecule has 1 aliphatic heterocycles. The summed E-state index contributed by atoms with van der Waals surface area (Å²) in [4.78, 5) is 42.4. The topological polar surface area (TPSA) is 139 Å². The molecule has 1 aromatic heterocycles. The van der Waals surface area contributed by atoms with E-state index in [1.807, 2.05) is 20.8 Å². The van der Waals surface area contributed by atoms with Crippen molar-refractivity contribution >= 4 is 27.4 Å². The van der Waals surface area contributed by atoms with Crippen molar-refractivity contribution in [2.45, 2.75) is 64.3 Å². The molecule has 11 heteroatoms. The van der Waals surface area contributed by atoms with Gasteiger partial charge >= 0.3 is 5.69 Å². The zero-order chi connectivity index (χ0) is 25.8. The predicted octanol–water partition coefficient (Wildman–Crippen LogP) is 2.40. The van der Waals surface area contributed by atoms with Crippen LogP contribution < -0.4 is 21.9 Å². The van der Waals surface area contributed by atoms with Crippen molar-refractivity contribution in [3.8, 4) is 0 Å². The van der Waals surface area contributed by atoms with Crippen molar-refractivity contribution in [2.75, 3.05) is 30.3 Å². The van der Waals surface area contributed by atoms with E-state index in [2.05, 4.69) is 4.98 Å². The van der Waals surface area contributed by atoms with Crippen molar-refractivity contribution in [1.82, 2.24) is 13.9 Å². The second kappa shape index (κ2) is 11.2. The number of hydrogen-bond donors (Lipinski definition) is 2. The van der Waals surface area contributed by atoms with Gasteiger partial charge in [-0.15, -0.1) is 0 Å². The molecule has 0 radical (unpaired) electrons. The van der Waals surface area contributed by atoms with E-state index in [1.54, 1.807) is 0 Å². The molecule has 1 aromatic carbocycles. The predicted molar refractivity (Wildman–Crippen MR) is 136 cm³/mol. The molecule has 192 valence electrons. The molecule has 0 atom stereocenters. The summed E-state index contributed by atoms with van der Waals surface area (Å²) >= 11 is 0. The van der Waals surface area contributed by atoms with Crippen molar-refractivity contribution < 1.29 is 13.2 Å². The lowest BCUT2D eigenvalue weighted by atomic mass is 10.1. The Morgan fingerprint density at radius 1 is 1.14 bits per heavy atom. The molecule has 1 aliphatic rings. The number of aromatic nitrogens is 2. The Balaban J connectivity index is 2.00. The fourth-order valence-corrected chi connectivity index (χ4v) is 5.60. The van der Waals surface area contributed by atoms with E-state index in [4.69, 9.17) is 5.73 Å². The molecule has 3 N–H and O–H groups in total. The SMILES string of the molecule is CCCCn1c(N)c(N(CCC(C)C)C(=O)c2ccc(S(=O)(=O)N3CCCC3)cc2)c(=O)[nH]c1=O. The van der Waals surface area contributed by atoms with Crippen LogP contribution in [0.1, 0.15) is 63.2 Å². The van der Waals surface area contributed by atoms with Crippen molar-refractivity contribution in [3.05, 3.63) is 50.7 Å². The molecule has 0 aliphatic carbocycles. The molecule has 2 heterocycles. The minimum Gasteiger partial charge on any atom is -0.383 e. The van der Waals surface area contributed by atoms with E-state index >= 15 is 0 Å². The van der Waals surface area contributed by atoms with Crippen LogP contribution in [0.4, 0.5) is 11.5 Å². The first-order valence-electron chi connectivity index (χ1n) is 12.1. The highest BCUT2D eigenvalue weighted by atomic mass is 32.2. The summed E-state index contributed by atoms with van der Waals surface area (Å²) in [6.07, 6.45) is 3.76. The van der Waals surface area contributed by atoms with Gasteiger partial charge in [-0.05, 0) is 55.9 Å². The number of H-pyrrole nitrogens is 1. The van der Waals surface area contributed by atoms with Crippen molar-refractivity contribution in [1.29, 1.82) is 0 Å². The fraction of sp³-hybridized carbons (Fsp3) is 0.542. The van der Waals surface area contributed by atoms with Crippen LogP contribution in [-0.2, 0) is 16.6 Å². The average Bonchev–Trinajstić information content (AvgIpc) is 3.36. The van der Waals surface area contributed by atoms with Gasteiger partial charge in [0.25, 0.3) is 11.5 Å². The summed E-state index contributed by atoms with van der Waals surface area (Å²) < 4.78 is 28.4. The number of nitrogens with one attached hydrogen (secondary N) is 1. The molecule has 3 rings (SSSR count). The second-order valence-corrected chi connectivity index (χ2v) is 11.2. The fourth-order valence-electron chi connectivity index (χ4n) is 4.08. The van der Waals surface area contributed by atoms with Crippen LogP contribution in [0.3, 0.4) is 0 Å². The van der Waals surface area contributed by atoms with Gasteiger partial charge in [0, 0.05) is 31.7 Å². The third-order valence-corrected chi connectivity index (χ3v) is 8.11. The minimum atomic E-state index is -3.61. The first-order valence-corrected chi connectivity index (χ1v) is 13.6. The minimum absolute atomic E-state index is 0.0578. The highest BCUT2D eigenvalue weighted by Gasteiger charge is 2.29. The largest absolute Gasteiger partial charge is 0.383 e.